The molecule has 2 N–H and O–H groups in total. The molecule has 0 aromatic carbocycles. The predicted molar refractivity (Wildman–Crippen MR) is 57.1 cm³/mol. The van der Waals surface area contributed by atoms with Crippen molar-refractivity contribution in [3.63, 3.8) is 0 Å². The number of nitrogens with two attached hydrogens (primary N) is 1. The zero-order chi connectivity index (χ0) is 11.3. The molecule has 0 spiro atoms. The van der Waals surface area contributed by atoms with Gasteiger partial charge in [-0.3, -0.25) is 9.59 Å². The molecule has 1 aliphatic heterocycles. The van der Waals surface area contributed by atoms with E-state index in [0.717, 1.165) is 32.7 Å². The highest BCUT2D eigenvalue weighted by Crippen LogP contribution is 2.04. The minimum atomic E-state index is -0.407. The van der Waals surface area contributed by atoms with E-state index < -0.39 is 5.91 Å². The first-order chi connectivity index (χ1) is 7.13. The van der Waals surface area contributed by atoms with Crippen molar-refractivity contribution in [1.29, 1.82) is 0 Å². The Kier molecular flexibility index (Phi) is 4.55. The fourth-order valence-corrected chi connectivity index (χ4v) is 1.70. The Labute approximate surface area is 90.2 Å². The summed E-state index contributed by atoms with van der Waals surface area (Å²) in [5, 5.41) is 0. The van der Waals surface area contributed by atoms with E-state index >= 15 is 0 Å². The number of piperazine rings is 1. The third kappa shape index (κ3) is 3.87. The summed E-state index contributed by atoms with van der Waals surface area (Å²) in [6.07, 6.45) is 0.411. The number of rotatable bonds is 4. The number of likely N-dealkylation sites (N-methyl/N-ethyl adjacent to an activating group) is 1. The molecule has 0 bridgehead atoms. The Balaban J connectivity index is 2.27. The van der Waals surface area contributed by atoms with Gasteiger partial charge in [0.25, 0.3) is 0 Å². The van der Waals surface area contributed by atoms with Gasteiger partial charge in [-0.2, -0.15) is 0 Å². The number of primary amides is 1. The second-order valence-corrected chi connectivity index (χ2v) is 3.78. The first kappa shape index (κ1) is 12.0. The first-order valence-electron chi connectivity index (χ1n) is 5.42. The van der Waals surface area contributed by atoms with E-state index in [0.29, 0.717) is 0 Å². The van der Waals surface area contributed by atoms with E-state index in [-0.39, 0.29) is 18.7 Å². The van der Waals surface area contributed by atoms with Gasteiger partial charge in [0.1, 0.15) is 0 Å². The Morgan fingerprint density at radius 1 is 1.13 bits per heavy atom. The molecule has 1 fully saturated rings. The summed E-state index contributed by atoms with van der Waals surface area (Å²) in [7, 11) is 0. The molecule has 5 heteroatoms. The van der Waals surface area contributed by atoms with Crippen LogP contribution in [0.1, 0.15) is 19.8 Å². The van der Waals surface area contributed by atoms with E-state index in [2.05, 4.69) is 11.8 Å². The molecule has 0 saturated carbocycles. The first-order valence-corrected chi connectivity index (χ1v) is 5.42. The maximum Gasteiger partial charge on any atom is 0.223 e. The van der Waals surface area contributed by atoms with Crippen LogP contribution < -0.4 is 5.73 Å². The summed E-state index contributed by atoms with van der Waals surface area (Å²) in [6.45, 7) is 6.54. The van der Waals surface area contributed by atoms with Gasteiger partial charge in [0, 0.05) is 39.0 Å². The average Bonchev–Trinajstić information content (AvgIpc) is 2.26. The Bertz CT molecular complexity index is 235. The lowest BCUT2D eigenvalue weighted by Crippen LogP contribution is -2.48. The summed E-state index contributed by atoms with van der Waals surface area (Å²) in [4.78, 5) is 26.2. The molecular formula is C10H19N3O2. The normalized spacial score (nSPS) is 17.8. The molecule has 1 heterocycles. The van der Waals surface area contributed by atoms with Crippen LogP contribution in [0.3, 0.4) is 0 Å². The van der Waals surface area contributed by atoms with Crippen molar-refractivity contribution in [3.05, 3.63) is 0 Å². The fraction of sp³-hybridized carbons (Fsp3) is 0.800. The van der Waals surface area contributed by atoms with Crippen molar-refractivity contribution in [1.82, 2.24) is 9.80 Å². The lowest BCUT2D eigenvalue weighted by Gasteiger charge is -2.34. The molecular weight excluding hydrogens is 194 g/mol. The number of nitrogens with zero attached hydrogens (tertiary/aromatic N) is 2. The van der Waals surface area contributed by atoms with Gasteiger partial charge in [0.2, 0.25) is 11.8 Å². The van der Waals surface area contributed by atoms with Crippen LogP contribution in [0.15, 0.2) is 0 Å². The maximum atomic E-state index is 11.6. The number of hydrogen-bond acceptors (Lipinski definition) is 3. The van der Waals surface area contributed by atoms with Crippen LogP contribution >= 0.6 is 0 Å². The number of carbonyl (C=O) groups is 2. The fourth-order valence-electron chi connectivity index (χ4n) is 1.70. The molecule has 1 aliphatic rings. The molecule has 0 radical (unpaired) electrons. The van der Waals surface area contributed by atoms with Crippen LogP contribution in [0.5, 0.6) is 0 Å². The predicted octanol–water partition coefficient (Wildman–Crippen LogP) is -0.584. The van der Waals surface area contributed by atoms with Gasteiger partial charge in [-0.1, -0.05) is 6.92 Å². The SMILES string of the molecule is CCN1CCN(C(=O)CCC(N)=O)CC1. The van der Waals surface area contributed by atoms with Crippen LogP contribution in [-0.4, -0.2) is 54.3 Å². The second-order valence-electron chi connectivity index (χ2n) is 3.78. The van der Waals surface area contributed by atoms with E-state index in [1.165, 1.54) is 0 Å². The standard InChI is InChI=1S/C10H19N3O2/c1-2-12-5-7-13(8-6-12)10(15)4-3-9(11)14/h2-8H2,1H3,(H2,11,14). The number of hydrogen-bond donors (Lipinski definition) is 1. The molecule has 0 unspecified atom stereocenters. The molecule has 2 amide bonds. The molecule has 1 saturated heterocycles. The van der Waals surface area contributed by atoms with Gasteiger partial charge in [-0.25, -0.2) is 0 Å². The summed E-state index contributed by atoms with van der Waals surface area (Å²) in [6, 6.07) is 0. The highest BCUT2D eigenvalue weighted by atomic mass is 16.2. The molecule has 86 valence electrons. The Hall–Kier alpha value is -1.10. The second kappa shape index (κ2) is 5.70. The van der Waals surface area contributed by atoms with E-state index in [1.54, 1.807) is 0 Å². The van der Waals surface area contributed by atoms with Crippen LogP contribution in [0, 0.1) is 0 Å². The lowest BCUT2D eigenvalue weighted by atomic mass is 10.2. The monoisotopic (exact) mass is 213 g/mol. The molecule has 15 heavy (non-hydrogen) atoms. The van der Waals surface area contributed by atoms with Gasteiger partial charge in [-0.15, -0.1) is 0 Å². The van der Waals surface area contributed by atoms with Gasteiger partial charge < -0.3 is 15.5 Å². The molecule has 0 aromatic rings. The van der Waals surface area contributed by atoms with E-state index in [4.69, 9.17) is 5.73 Å². The summed E-state index contributed by atoms with van der Waals surface area (Å²) in [5.74, 6) is -0.361. The lowest BCUT2D eigenvalue weighted by molar-refractivity contribution is -0.134. The third-order valence-corrected chi connectivity index (χ3v) is 2.76. The van der Waals surface area contributed by atoms with Gasteiger partial charge in [-0.05, 0) is 6.54 Å². The minimum absolute atomic E-state index is 0.0459. The minimum Gasteiger partial charge on any atom is -0.370 e. The average molecular weight is 213 g/mol. The summed E-state index contributed by atoms with van der Waals surface area (Å²) < 4.78 is 0. The van der Waals surface area contributed by atoms with Gasteiger partial charge in [0.05, 0.1) is 0 Å². The van der Waals surface area contributed by atoms with Crippen molar-refractivity contribution in [2.75, 3.05) is 32.7 Å². The quantitative estimate of drug-likeness (QED) is 0.679. The maximum absolute atomic E-state index is 11.6. The van der Waals surface area contributed by atoms with Crippen molar-refractivity contribution in [2.24, 2.45) is 5.73 Å². The molecule has 0 atom stereocenters. The van der Waals surface area contributed by atoms with Crippen LogP contribution in [0.25, 0.3) is 0 Å². The highest BCUT2D eigenvalue weighted by Gasteiger charge is 2.19. The highest BCUT2D eigenvalue weighted by molar-refractivity contribution is 5.82. The number of carbonyl (C=O) groups excluding carboxylic acids is 2. The summed E-state index contributed by atoms with van der Waals surface area (Å²) >= 11 is 0. The molecule has 1 rings (SSSR count). The third-order valence-electron chi connectivity index (χ3n) is 2.76. The van der Waals surface area contributed by atoms with Crippen molar-refractivity contribution < 1.29 is 9.59 Å². The zero-order valence-electron chi connectivity index (χ0n) is 9.24. The van der Waals surface area contributed by atoms with Gasteiger partial charge >= 0.3 is 0 Å². The van der Waals surface area contributed by atoms with E-state index in [9.17, 15) is 9.59 Å². The van der Waals surface area contributed by atoms with Crippen molar-refractivity contribution >= 4 is 11.8 Å². The van der Waals surface area contributed by atoms with E-state index in [1.807, 2.05) is 4.90 Å². The van der Waals surface area contributed by atoms with Crippen LogP contribution in [0.4, 0.5) is 0 Å². The Morgan fingerprint density at radius 2 is 1.73 bits per heavy atom. The largest absolute Gasteiger partial charge is 0.370 e. The van der Waals surface area contributed by atoms with Crippen molar-refractivity contribution in [2.45, 2.75) is 19.8 Å². The molecule has 5 nitrogen and oxygen atoms in total. The molecule has 0 aliphatic carbocycles. The summed E-state index contributed by atoms with van der Waals surface area (Å²) in [5.41, 5.74) is 5.00. The van der Waals surface area contributed by atoms with Gasteiger partial charge in [0.15, 0.2) is 0 Å². The smallest absolute Gasteiger partial charge is 0.223 e. The topological polar surface area (TPSA) is 66.6 Å². The Morgan fingerprint density at radius 3 is 2.20 bits per heavy atom. The van der Waals surface area contributed by atoms with Crippen LogP contribution in [-0.2, 0) is 9.59 Å². The van der Waals surface area contributed by atoms with Crippen molar-refractivity contribution in [3.8, 4) is 0 Å². The number of amides is 2. The van der Waals surface area contributed by atoms with Crippen LogP contribution in [0.2, 0.25) is 0 Å². The molecule has 0 aromatic heterocycles. The zero-order valence-corrected chi connectivity index (χ0v) is 9.24.